The molecule has 6 nitrogen and oxygen atoms in total. The summed E-state index contributed by atoms with van der Waals surface area (Å²) < 4.78 is 0.823. The van der Waals surface area contributed by atoms with E-state index in [-0.39, 0.29) is 18.2 Å². The largest absolute Gasteiger partial charge is 0.699 e. The van der Waals surface area contributed by atoms with Crippen LogP contribution in [0.1, 0.15) is 32.6 Å². The molecular formula is C25H23N4O2S-. The molecule has 0 unspecified atom stereocenters. The van der Waals surface area contributed by atoms with Crippen molar-refractivity contribution in [2.75, 3.05) is 10.6 Å². The van der Waals surface area contributed by atoms with Crippen LogP contribution in [0.3, 0.4) is 0 Å². The van der Waals surface area contributed by atoms with Gasteiger partial charge in [0.2, 0.25) is 5.91 Å². The van der Waals surface area contributed by atoms with Crippen molar-refractivity contribution in [3.05, 3.63) is 88.1 Å². The third kappa shape index (κ3) is 4.78. The highest BCUT2D eigenvalue weighted by molar-refractivity contribution is 7.22. The number of rotatable bonds is 5. The zero-order valence-corrected chi connectivity index (χ0v) is 18.9. The molecule has 162 valence electrons. The van der Waals surface area contributed by atoms with Gasteiger partial charge >= 0.3 is 0 Å². The van der Waals surface area contributed by atoms with Crippen molar-refractivity contribution in [1.82, 2.24) is 4.98 Å². The lowest BCUT2D eigenvalue weighted by molar-refractivity contribution is -0.115. The average Bonchev–Trinajstić information content (AvgIpc) is 3.13. The highest BCUT2D eigenvalue weighted by atomic mass is 32.1. The molecule has 0 saturated carbocycles. The van der Waals surface area contributed by atoms with Crippen LogP contribution in [0, 0.1) is 20.8 Å². The van der Waals surface area contributed by atoms with Crippen molar-refractivity contribution < 1.29 is 9.59 Å². The Morgan fingerprint density at radius 3 is 2.31 bits per heavy atom. The summed E-state index contributed by atoms with van der Waals surface area (Å²) in [5, 5.41) is 6.33. The number of thiazole rings is 1. The normalized spacial score (nSPS) is 10.8. The zero-order valence-electron chi connectivity index (χ0n) is 18.1. The van der Waals surface area contributed by atoms with Crippen LogP contribution in [0.5, 0.6) is 0 Å². The minimum absolute atomic E-state index is 0.176. The van der Waals surface area contributed by atoms with Gasteiger partial charge in [-0.1, -0.05) is 53.3 Å². The van der Waals surface area contributed by atoms with Gasteiger partial charge in [0.25, 0.3) is 5.91 Å². The predicted molar refractivity (Wildman–Crippen MR) is 131 cm³/mol. The van der Waals surface area contributed by atoms with E-state index in [0.29, 0.717) is 16.4 Å². The van der Waals surface area contributed by atoms with Gasteiger partial charge in [-0.3, -0.25) is 9.59 Å². The Hall–Kier alpha value is -3.71. The summed E-state index contributed by atoms with van der Waals surface area (Å²) in [6.45, 7) is 6.00. The minimum Gasteiger partial charge on any atom is -0.699 e. The Labute approximate surface area is 190 Å². The number of hydrogen-bond acceptors (Lipinski definition) is 4. The van der Waals surface area contributed by atoms with E-state index in [1.165, 1.54) is 11.3 Å². The number of aromatic nitrogens is 1. The third-order valence-electron chi connectivity index (χ3n) is 5.13. The van der Waals surface area contributed by atoms with E-state index in [9.17, 15) is 9.59 Å². The molecule has 2 amide bonds. The quantitative estimate of drug-likeness (QED) is 0.377. The van der Waals surface area contributed by atoms with Crippen LogP contribution in [-0.4, -0.2) is 16.8 Å². The van der Waals surface area contributed by atoms with Crippen LogP contribution in [0.2, 0.25) is 0 Å². The van der Waals surface area contributed by atoms with E-state index in [2.05, 4.69) is 15.6 Å². The summed E-state index contributed by atoms with van der Waals surface area (Å²) in [4.78, 5) is 29.7. The maximum absolute atomic E-state index is 12.8. The summed E-state index contributed by atoms with van der Waals surface area (Å²) in [5.74, 6) is -0.358. The zero-order chi connectivity index (χ0) is 22.8. The SMILES string of the molecule is Cc1cc(C)c(NC(=O)c2ccc3nc(NC(=O)Cc4ccc([NH-])cc4)sc3c2)c(C)c1. The Bertz CT molecular complexity index is 1300. The predicted octanol–water partition coefficient (Wildman–Crippen LogP) is 6.34. The van der Waals surface area contributed by atoms with Gasteiger partial charge in [0.05, 0.1) is 16.6 Å². The molecule has 0 radical (unpaired) electrons. The Balaban J connectivity index is 1.48. The van der Waals surface area contributed by atoms with E-state index in [4.69, 9.17) is 5.73 Å². The molecule has 4 rings (SSSR count). The summed E-state index contributed by atoms with van der Waals surface area (Å²) in [6.07, 6.45) is 0.207. The first-order valence-corrected chi connectivity index (χ1v) is 11.0. The van der Waals surface area contributed by atoms with Crippen LogP contribution in [0.4, 0.5) is 16.5 Å². The van der Waals surface area contributed by atoms with Crippen molar-refractivity contribution in [2.24, 2.45) is 0 Å². The summed E-state index contributed by atoms with van der Waals surface area (Å²) in [6, 6.07) is 16.3. The number of aryl methyl sites for hydroxylation is 3. The second-order valence-corrected chi connectivity index (χ2v) is 8.88. The third-order valence-corrected chi connectivity index (χ3v) is 6.06. The lowest BCUT2D eigenvalue weighted by Crippen LogP contribution is -2.14. The summed E-state index contributed by atoms with van der Waals surface area (Å²) >= 11 is 1.33. The fraction of sp³-hybridized carbons (Fsp3) is 0.160. The second kappa shape index (κ2) is 8.80. The lowest BCUT2D eigenvalue weighted by Gasteiger charge is -2.12. The molecule has 0 saturated heterocycles. The lowest BCUT2D eigenvalue weighted by atomic mass is 10.0. The van der Waals surface area contributed by atoms with Crippen LogP contribution in [0.25, 0.3) is 16.0 Å². The van der Waals surface area contributed by atoms with Gasteiger partial charge in [-0.15, -0.1) is 5.69 Å². The first-order valence-electron chi connectivity index (χ1n) is 10.2. The molecule has 0 aliphatic rings. The van der Waals surface area contributed by atoms with Gasteiger partial charge < -0.3 is 16.4 Å². The van der Waals surface area contributed by atoms with Crippen LogP contribution in [-0.2, 0) is 11.2 Å². The van der Waals surface area contributed by atoms with Gasteiger partial charge in [0, 0.05) is 11.3 Å². The van der Waals surface area contributed by atoms with E-state index in [1.54, 1.807) is 42.5 Å². The standard InChI is InChI=1S/C25H23N4O2S/c1-14-10-15(2)23(16(3)11-14)29-24(31)18-6-9-20-21(13-18)32-25(27-20)28-22(30)12-17-4-7-19(26)8-5-17/h4-11,13,26H,12H2,1-3H3,(H2,27,28,29,30,31)/q-1. The number of benzene rings is 3. The molecule has 4 aromatic rings. The number of hydrogen-bond donors (Lipinski definition) is 2. The number of carbonyl (C=O) groups is 2. The molecule has 1 aromatic heterocycles. The summed E-state index contributed by atoms with van der Waals surface area (Å²) in [5.41, 5.74) is 14.1. The molecule has 32 heavy (non-hydrogen) atoms. The van der Waals surface area contributed by atoms with Crippen molar-refractivity contribution in [3.8, 4) is 0 Å². The topological polar surface area (TPSA) is 94.9 Å². The van der Waals surface area contributed by atoms with E-state index < -0.39 is 0 Å². The van der Waals surface area contributed by atoms with Crippen LogP contribution < -0.4 is 10.6 Å². The monoisotopic (exact) mass is 443 g/mol. The Kier molecular flexibility index (Phi) is 5.92. The van der Waals surface area contributed by atoms with Crippen molar-refractivity contribution >= 4 is 49.9 Å². The minimum atomic E-state index is -0.182. The molecule has 0 spiro atoms. The highest BCUT2D eigenvalue weighted by Gasteiger charge is 2.14. The van der Waals surface area contributed by atoms with Crippen molar-refractivity contribution in [1.29, 1.82) is 0 Å². The van der Waals surface area contributed by atoms with Crippen molar-refractivity contribution in [3.63, 3.8) is 0 Å². The van der Waals surface area contributed by atoms with Crippen LogP contribution in [0.15, 0.2) is 54.6 Å². The molecule has 1 heterocycles. The van der Waals surface area contributed by atoms with Gasteiger partial charge in [0.1, 0.15) is 0 Å². The van der Waals surface area contributed by atoms with Crippen LogP contribution >= 0.6 is 11.3 Å². The fourth-order valence-corrected chi connectivity index (χ4v) is 4.57. The molecule has 0 atom stereocenters. The van der Waals surface area contributed by atoms with E-state index in [1.807, 2.05) is 32.9 Å². The first-order chi connectivity index (χ1) is 15.3. The maximum Gasteiger partial charge on any atom is 0.255 e. The average molecular weight is 444 g/mol. The molecule has 0 aliphatic carbocycles. The number of carbonyl (C=O) groups excluding carboxylic acids is 2. The van der Waals surface area contributed by atoms with E-state index >= 15 is 0 Å². The molecule has 3 N–H and O–H groups in total. The van der Waals surface area contributed by atoms with Gasteiger partial charge in [-0.25, -0.2) is 4.98 Å². The molecular weight excluding hydrogens is 420 g/mol. The Morgan fingerprint density at radius 2 is 1.62 bits per heavy atom. The Morgan fingerprint density at radius 1 is 0.938 bits per heavy atom. The van der Waals surface area contributed by atoms with Crippen molar-refractivity contribution in [2.45, 2.75) is 27.2 Å². The van der Waals surface area contributed by atoms with Gasteiger partial charge in [-0.05, 0) is 55.7 Å². The van der Waals surface area contributed by atoms with E-state index in [0.717, 1.165) is 38.2 Å². The maximum atomic E-state index is 12.8. The molecule has 0 bridgehead atoms. The number of nitrogens with one attached hydrogen (secondary N) is 3. The highest BCUT2D eigenvalue weighted by Crippen LogP contribution is 2.28. The molecule has 0 fully saturated rings. The number of fused-ring (bicyclic) bond motifs is 1. The molecule has 7 heteroatoms. The van der Waals surface area contributed by atoms with Gasteiger partial charge in [0.15, 0.2) is 5.13 Å². The second-order valence-electron chi connectivity index (χ2n) is 7.85. The molecule has 0 aliphatic heterocycles. The number of nitrogens with zero attached hydrogens (tertiary/aromatic N) is 1. The number of anilines is 2. The number of amides is 2. The smallest absolute Gasteiger partial charge is 0.255 e. The fourth-order valence-electron chi connectivity index (χ4n) is 3.65. The molecule has 3 aromatic carbocycles. The first kappa shape index (κ1) is 21.5. The van der Waals surface area contributed by atoms with Gasteiger partial charge in [-0.2, -0.15) is 0 Å². The summed E-state index contributed by atoms with van der Waals surface area (Å²) in [7, 11) is 0.